The molecular weight excluding hydrogens is 362 g/mol. The fourth-order valence-electron chi connectivity index (χ4n) is 4.04. The van der Waals surface area contributed by atoms with Crippen LogP contribution >= 0.6 is 0 Å². The minimum absolute atomic E-state index is 0.0526. The van der Waals surface area contributed by atoms with E-state index in [0.717, 1.165) is 24.8 Å². The molecule has 1 saturated carbocycles. The zero-order chi connectivity index (χ0) is 20.1. The number of benzene rings is 2. The molecule has 2 amide bonds. The summed E-state index contributed by atoms with van der Waals surface area (Å²) in [5.74, 6) is -0.174. The van der Waals surface area contributed by atoms with Gasteiger partial charge in [-0.1, -0.05) is 37.5 Å². The maximum absolute atomic E-state index is 12.4. The van der Waals surface area contributed by atoms with E-state index in [2.05, 4.69) is 21.7 Å². The molecule has 1 aromatic heterocycles. The number of aromatic nitrogens is 1. The molecule has 0 radical (unpaired) electrons. The van der Waals surface area contributed by atoms with Crippen molar-refractivity contribution in [2.24, 2.45) is 0 Å². The minimum atomic E-state index is -0.121. The lowest BCUT2D eigenvalue weighted by atomic mass is 9.95. The number of para-hydroxylation sites is 1. The number of fused-ring (bicyclic) bond motifs is 1. The standard InChI is InChI=1S/C24H27N3O2/c28-23(25-15-14-19-16-26-22-9-5-4-8-21(19)22)17-10-12-18(13-11-17)24(29)27-20-6-2-1-3-7-20/h4-5,8-13,16,20,26H,1-3,6-7,14-15H2,(H,25,28)(H,27,29). The Morgan fingerprint density at radius 1 is 0.897 bits per heavy atom. The fraction of sp³-hybridized carbons (Fsp3) is 0.333. The van der Waals surface area contributed by atoms with Crippen molar-refractivity contribution in [3.8, 4) is 0 Å². The highest BCUT2D eigenvalue weighted by atomic mass is 16.2. The largest absolute Gasteiger partial charge is 0.361 e. The average molecular weight is 389 g/mol. The lowest BCUT2D eigenvalue weighted by Crippen LogP contribution is -2.36. The third-order valence-electron chi connectivity index (χ3n) is 5.70. The number of aromatic amines is 1. The summed E-state index contributed by atoms with van der Waals surface area (Å²) < 4.78 is 0. The second kappa shape index (κ2) is 8.95. The molecule has 0 aliphatic heterocycles. The molecule has 0 bridgehead atoms. The first-order valence-electron chi connectivity index (χ1n) is 10.4. The van der Waals surface area contributed by atoms with Crippen molar-refractivity contribution in [2.75, 3.05) is 6.54 Å². The molecule has 5 heteroatoms. The molecule has 29 heavy (non-hydrogen) atoms. The number of carbonyl (C=O) groups excluding carboxylic acids is 2. The van der Waals surface area contributed by atoms with Crippen LogP contribution < -0.4 is 10.6 Å². The number of amides is 2. The Balaban J connectivity index is 1.29. The Bertz CT molecular complexity index is 985. The van der Waals surface area contributed by atoms with Gasteiger partial charge in [0, 0.05) is 40.8 Å². The molecule has 1 aliphatic rings. The fourth-order valence-corrected chi connectivity index (χ4v) is 4.04. The predicted molar refractivity (Wildman–Crippen MR) is 115 cm³/mol. The van der Waals surface area contributed by atoms with E-state index in [0.29, 0.717) is 17.7 Å². The molecule has 0 spiro atoms. The van der Waals surface area contributed by atoms with Crippen LogP contribution in [0.1, 0.15) is 58.4 Å². The molecule has 1 heterocycles. The van der Waals surface area contributed by atoms with Gasteiger partial charge in [0.1, 0.15) is 0 Å². The van der Waals surface area contributed by atoms with Crippen molar-refractivity contribution in [3.63, 3.8) is 0 Å². The molecule has 0 atom stereocenters. The molecule has 2 aromatic carbocycles. The van der Waals surface area contributed by atoms with E-state index in [1.165, 1.54) is 30.2 Å². The monoisotopic (exact) mass is 389 g/mol. The van der Waals surface area contributed by atoms with Crippen LogP contribution in [0, 0.1) is 0 Å². The van der Waals surface area contributed by atoms with E-state index < -0.39 is 0 Å². The normalized spacial score (nSPS) is 14.6. The van der Waals surface area contributed by atoms with Crippen LogP contribution in [-0.2, 0) is 6.42 Å². The Kier molecular flexibility index (Phi) is 5.94. The molecule has 3 N–H and O–H groups in total. The summed E-state index contributed by atoms with van der Waals surface area (Å²) in [4.78, 5) is 28.1. The van der Waals surface area contributed by atoms with Gasteiger partial charge in [-0.05, 0) is 55.2 Å². The molecule has 5 nitrogen and oxygen atoms in total. The van der Waals surface area contributed by atoms with Crippen LogP contribution in [0.15, 0.2) is 54.7 Å². The van der Waals surface area contributed by atoms with Crippen LogP contribution in [0.5, 0.6) is 0 Å². The van der Waals surface area contributed by atoms with Crippen molar-refractivity contribution in [1.29, 1.82) is 0 Å². The first-order valence-corrected chi connectivity index (χ1v) is 10.4. The molecule has 0 saturated heterocycles. The first-order chi connectivity index (χ1) is 14.2. The SMILES string of the molecule is O=C(NCCc1c[nH]c2ccccc12)c1ccc(C(=O)NC2CCCCC2)cc1. The van der Waals surface area contributed by atoms with Crippen LogP contribution in [-0.4, -0.2) is 29.4 Å². The number of hydrogen-bond donors (Lipinski definition) is 3. The summed E-state index contributed by atoms with van der Waals surface area (Å²) in [7, 11) is 0. The van der Waals surface area contributed by atoms with E-state index in [9.17, 15) is 9.59 Å². The van der Waals surface area contributed by atoms with Crippen molar-refractivity contribution in [2.45, 2.75) is 44.6 Å². The van der Waals surface area contributed by atoms with Gasteiger partial charge in [-0.3, -0.25) is 9.59 Å². The Morgan fingerprint density at radius 2 is 1.59 bits per heavy atom. The number of rotatable bonds is 6. The zero-order valence-electron chi connectivity index (χ0n) is 16.5. The van der Waals surface area contributed by atoms with Crippen molar-refractivity contribution in [1.82, 2.24) is 15.6 Å². The predicted octanol–water partition coefficient (Wildman–Crippen LogP) is 4.20. The number of hydrogen-bond acceptors (Lipinski definition) is 2. The molecule has 0 unspecified atom stereocenters. The van der Waals surface area contributed by atoms with E-state index in [1.54, 1.807) is 24.3 Å². The molecular formula is C24H27N3O2. The van der Waals surface area contributed by atoms with E-state index in [-0.39, 0.29) is 17.9 Å². The summed E-state index contributed by atoms with van der Waals surface area (Å²) in [5.41, 5.74) is 3.47. The van der Waals surface area contributed by atoms with E-state index in [1.807, 2.05) is 24.4 Å². The lowest BCUT2D eigenvalue weighted by molar-refractivity contribution is 0.0923. The maximum atomic E-state index is 12.4. The van der Waals surface area contributed by atoms with Gasteiger partial charge in [-0.15, -0.1) is 0 Å². The van der Waals surface area contributed by atoms with Gasteiger partial charge in [0.15, 0.2) is 0 Å². The second-order valence-corrected chi connectivity index (χ2v) is 7.75. The number of carbonyl (C=O) groups is 2. The van der Waals surface area contributed by atoms with Gasteiger partial charge in [0.25, 0.3) is 11.8 Å². The second-order valence-electron chi connectivity index (χ2n) is 7.75. The highest BCUT2D eigenvalue weighted by Crippen LogP contribution is 2.19. The highest BCUT2D eigenvalue weighted by Gasteiger charge is 2.17. The van der Waals surface area contributed by atoms with Crippen LogP contribution in [0.4, 0.5) is 0 Å². The smallest absolute Gasteiger partial charge is 0.251 e. The van der Waals surface area contributed by atoms with Crippen LogP contribution in [0.25, 0.3) is 10.9 Å². The highest BCUT2D eigenvalue weighted by molar-refractivity contribution is 5.98. The van der Waals surface area contributed by atoms with Crippen molar-refractivity contribution < 1.29 is 9.59 Å². The summed E-state index contributed by atoms with van der Waals surface area (Å²) in [5, 5.41) is 7.26. The summed E-state index contributed by atoms with van der Waals surface area (Å²) in [6, 6.07) is 15.3. The third-order valence-corrected chi connectivity index (χ3v) is 5.70. The van der Waals surface area contributed by atoms with Crippen LogP contribution in [0.2, 0.25) is 0 Å². The van der Waals surface area contributed by atoms with Gasteiger partial charge >= 0.3 is 0 Å². The van der Waals surface area contributed by atoms with Gasteiger partial charge in [-0.25, -0.2) is 0 Å². The van der Waals surface area contributed by atoms with E-state index >= 15 is 0 Å². The van der Waals surface area contributed by atoms with Crippen LogP contribution in [0.3, 0.4) is 0 Å². The van der Waals surface area contributed by atoms with Gasteiger partial charge in [-0.2, -0.15) is 0 Å². The Hall–Kier alpha value is -3.08. The number of H-pyrrole nitrogens is 1. The quantitative estimate of drug-likeness (QED) is 0.591. The Labute approximate surface area is 170 Å². The molecule has 1 fully saturated rings. The molecule has 3 aromatic rings. The van der Waals surface area contributed by atoms with E-state index in [4.69, 9.17) is 0 Å². The zero-order valence-corrected chi connectivity index (χ0v) is 16.5. The number of nitrogens with one attached hydrogen (secondary N) is 3. The Morgan fingerprint density at radius 3 is 2.34 bits per heavy atom. The first kappa shape index (κ1) is 19.2. The van der Waals surface area contributed by atoms with Gasteiger partial charge in [0.05, 0.1) is 0 Å². The average Bonchev–Trinajstić information content (AvgIpc) is 3.18. The van der Waals surface area contributed by atoms with Gasteiger partial charge < -0.3 is 15.6 Å². The van der Waals surface area contributed by atoms with Crippen molar-refractivity contribution in [3.05, 3.63) is 71.4 Å². The summed E-state index contributed by atoms with van der Waals surface area (Å²) >= 11 is 0. The third kappa shape index (κ3) is 4.67. The molecule has 1 aliphatic carbocycles. The van der Waals surface area contributed by atoms with Crippen molar-refractivity contribution >= 4 is 22.7 Å². The lowest BCUT2D eigenvalue weighted by Gasteiger charge is -2.22. The minimum Gasteiger partial charge on any atom is -0.361 e. The van der Waals surface area contributed by atoms with Gasteiger partial charge in [0.2, 0.25) is 0 Å². The maximum Gasteiger partial charge on any atom is 0.251 e. The summed E-state index contributed by atoms with van der Waals surface area (Å²) in [6.07, 6.45) is 8.50. The summed E-state index contributed by atoms with van der Waals surface area (Å²) in [6.45, 7) is 0.560. The molecule has 4 rings (SSSR count). The molecule has 150 valence electrons. The topological polar surface area (TPSA) is 74.0 Å².